The number of anilines is 1. The van der Waals surface area contributed by atoms with E-state index in [0.29, 0.717) is 6.04 Å². The van der Waals surface area contributed by atoms with E-state index >= 15 is 0 Å². The van der Waals surface area contributed by atoms with Gasteiger partial charge in [0.1, 0.15) is 0 Å². The van der Waals surface area contributed by atoms with Gasteiger partial charge in [-0.25, -0.2) is 0 Å². The van der Waals surface area contributed by atoms with Crippen LogP contribution in [0.15, 0.2) is 18.2 Å². The van der Waals surface area contributed by atoms with Crippen molar-refractivity contribution in [3.8, 4) is 0 Å². The number of fused-ring (bicyclic) bond motifs is 1. The van der Waals surface area contributed by atoms with Crippen LogP contribution in [0, 0.1) is 5.92 Å². The first kappa shape index (κ1) is 14.2. The van der Waals surface area contributed by atoms with Gasteiger partial charge in [0.15, 0.2) is 0 Å². The number of nitrogens with one attached hydrogen (secondary N) is 1. The van der Waals surface area contributed by atoms with Crippen molar-refractivity contribution >= 4 is 17.3 Å². The Bertz CT molecular complexity index is 474. The van der Waals surface area contributed by atoms with Gasteiger partial charge < -0.3 is 10.2 Å². The molecule has 1 aliphatic carbocycles. The van der Waals surface area contributed by atoms with E-state index in [-0.39, 0.29) is 0 Å². The quantitative estimate of drug-likeness (QED) is 0.889. The van der Waals surface area contributed by atoms with Crippen molar-refractivity contribution in [1.82, 2.24) is 5.32 Å². The lowest BCUT2D eigenvalue weighted by Crippen LogP contribution is -2.42. The number of halogens is 1. The van der Waals surface area contributed by atoms with Crippen molar-refractivity contribution in [1.29, 1.82) is 0 Å². The summed E-state index contributed by atoms with van der Waals surface area (Å²) in [4.78, 5) is 2.61. The maximum Gasteiger partial charge on any atom is 0.0474 e. The second-order valence-electron chi connectivity index (χ2n) is 6.31. The van der Waals surface area contributed by atoms with Gasteiger partial charge in [-0.05, 0) is 63.3 Å². The Hall–Kier alpha value is -0.730. The van der Waals surface area contributed by atoms with Crippen LogP contribution >= 0.6 is 11.6 Å². The van der Waals surface area contributed by atoms with Gasteiger partial charge in [0.05, 0.1) is 0 Å². The molecular formula is C17H25ClN2. The molecule has 3 rings (SSSR count). The molecule has 1 saturated carbocycles. The summed E-state index contributed by atoms with van der Waals surface area (Å²) in [6.07, 6.45) is 6.92. The predicted octanol–water partition coefficient (Wildman–Crippen LogP) is 4.39. The lowest BCUT2D eigenvalue weighted by molar-refractivity contribution is 0.362. The number of nitrogens with zero attached hydrogens (tertiary/aromatic N) is 1. The SMILES string of the molecule is CNC(C)c1ccc(N2CCCC3CCCC32)cc1Cl. The Morgan fingerprint density at radius 3 is 2.80 bits per heavy atom. The van der Waals surface area contributed by atoms with Crippen LogP contribution in [0.4, 0.5) is 5.69 Å². The fraction of sp³-hybridized carbons (Fsp3) is 0.647. The van der Waals surface area contributed by atoms with Crippen molar-refractivity contribution in [2.45, 2.75) is 51.1 Å². The van der Waals surface area contributed by atoms with E-state index in [9.17, 15) is 0 Å². The van der Waals surface area contributed by atoms with E-state index in [2.05, 4.69) is 35.3 Å². The Labute approximate surface area is 127 Å². The molecular weight excluding hydrogens is 268 g/mol. The van der Waals surface area contributed by atoms with E-state index < -0.39 is 0 Å². The van der Waals surface area contributed by atoms with Crippen molar-refractivity contribution in [3.05, 3.63) is 28.8 Å². The zero-order chi connectivity index (χ0) is 14.1. The summed E-state index contributed by atoms with van der Waals surface area (Å²) in [5.41, 5.74) is 2.51. The maximum atomic E-state index is 6.50. The molecule has 1 aromatic rings. The van der Waals surface area contributed by atoms with Crippen LogP contribution in [-0.2, 0) is 0 Å². The largest absolute Gasteiger partial charge is 0.368 e. The first-order valence-corrected chi connectivity index (χ1v) is 8.32. The number of hydrogen-bond donors (Lipinski definition) is 1. The molecule has 0 spiro atoms. The smallest absolute Gasteiger partial charge is 0.0474 e. The van der Waals surface area contributed by atoms with E-state index in [4.69, 9.17) is 11.6 Å². The van der Waals surface area contributed by atoms with E-state index in [0.717, 1.165) is 17.0 Å². The Balaban J connectivity index is 1.85. The topological polar surface area (TPSA) is 15.3 Å². The highest BCUT2D eigenvalue weighted by atomic mass is 35.5. The third-order valence-corrected chi connectivity index (χ3v) is 5.54. The summed E-state index contributed by atoms with van der Waals surface area (Å²) in [6.45, 7) is 3.34. The van der Waals surface area contributed by atoms with Crippen LogP contribution in [0.5, 0.6) is 0 Å². The van der Waals surface area contributed by atoms with E-state index in [1.165, 1.54) is 49.9 Å². The van der Waals surface area contributed by atoms with Crippen molar-refractivity contribution in [2.75, 3.05) is 18.5 Å². The summed E-state index contributed by atoms with van der Waals surface area (Å²) in [5, 5.41) is 4.15. The van der Waals surface area contributed by atoms with Gasteiger partial charge >= 0.3 is 0 Å². The minimum absolute atomic E-state index is 0.303. The molecule has 110 valence electrons. The van der Waals surface area contributed by atoms with E-state index in [1.807, 2.05) is 7.05 Å². The van der Waals surface area contributed by atoms with Crippen LogP contribution < -0.4 is 10.2 Å². The van der Waals surface area contributed by atoms with E-state index in [1.54, 1.807) is 0 Å². The molecule has 0 bridgehead atoms. The van der Waals surface area contributed by atoms with Crippen LogP contribution in [0.3, 0.4) is 0 Å². The van der Waals surface area contributed by atoms with Crippen molar-refractivity contribution < 1.29 is 0 Å². The minimum atomic E-state index is 0.303. The lowest BCUT2D eigenvalue weighted by atomic mass is 9.91. The molecule has 1 aromatic carbocycles. The monoisotopic (exact) mass is 292 g/mol. The fourth-order valence-corrected chi connectivity index (χ4v) is 4.31. The zero-order valence-electron chi connectivity index (χ0n) is 12.5. The van der Waals surface area contributed by atoms with Gasteiger partial charge in [-0.3, -0.25) is 0 Å². The molecule has 20 heavy (non-hydrogen) atoms. The lowest BCUT2D eigenvalue weighted by Gasteiger charge is -2.39. The van der Waals surface area contributed by atoms with Gasteiger partial charge in [-0.15, -0.1) is 0 Å². The second-order valence-corrected chi connectivity index (χ2v) is 6.72. The average molecular weight is 293 g/mol. The highest BCUT2D eigenvalue weighted by Gasteiger charge is 2.35. The van der Waals surface area contributed by atoms with Crippen LogP contribution in [0.2, 0.25) is 5.02 Å². The number of benzene rings is 1. The van der Waals surface area contributed by atoms with Gasteiger partial charge in [0, 0.05) is 29.3 Å². The number of piperidine rings is 1. The molecule has 3 atom stereocenters. The fourth-order valence-electron chi connectivity index (χ4n) is 3.98. The van der Waals surface area contributed by atoms with Gasteiger partial charge in [-0.2, -0.15) is 0 Å². The van der Waals surface area contributed by atoms with Crippen LogP contribution in [0.25, 0.3) is 0 Å². The highest BCUT2D eigenvalue weighted by Crippen LogP contribution is 2.40. The third kappa shape index (κ3) is 2.56. The summed E-state index contributed by atoms with van der Waals surface area (Å²) in [6, 6.07) is 7.68. The Morgan fingerprint density at radius 1 is 1.25 bits per heavy atom. The summed E-state index contributed by atoms with van der Waals surface area (Å²) >= 11 is 6.50. The number of hydrogen-bond acceptors (Lipinski definition) is 2. The molecule has 1 saturated heterocycles. The van der Waals surface area contributed by atoms with Crippen molar-refractivity contribution in [2.24, 2.45) is 5.92 Å². The molecule has 1 aliphatic heterocycles. The zero-order valence-corrected chi connectivity index (χ0v) is 13.3. The molecule has 0 amide bonds. The first-order chi connectivity index (χ1) is 9.70. The predicted molar refractivity (Wildman–Crippen MR) is 86.6 cm³/mol. The van der Waals surface area contributed by atoms with Gasteiger partial charge in [-0.1, -0.05) is 24.1 Å². The Morgan fingerprint density at radius 2 is 2.05 bits per heavy atom. The normalized spacial score (nSPS) is 27.4. The molecule has 2 aliphatic rings. The molecule has 2 fully saturated rings. The summed E-state index contributed by atoms with van der Waals surface area (Å²) in [7, 11) is 1.97. The molecule has 2 nitrogen and oxygen atoms in total. The Kier molecular flexibility index (Phi) is 4.23. The molecule has 0 aromatic heterocycles. The maximum absolute atomic E-state index is 6.50. The molecule has 0 radical (unpaired) electrons. The summed E-state index contributed by atoms with van der Waals surface area (Å²) < 4.78 is 0. The summed E-state index contributed by atoms with van der Waals surface area (Å²) in [5.74, 6) is 0.915. The second kappa shape index (κ2) is 5.95. The van der Waals surface area contributed by atoms with Gasteiger partial charge in [0.25, 0.3) is 0 Å². The molecule has 3 heteroatoms. The molecule has 3 unspecified atom stereocenters. The minimum Gasteiger partial charge on any atom is -0.368 e. The van der Waals surface area contributed by atoms with Crippen LogP contribution in [-0.4, -0.2) is 19.6 Å². The average Bonchev–Trinajstić information content (AvgIpc) is 2.94. The standard InChI is InChI=1S/C17H25ClN2/c1-12(19-2)15-9-8-14(11-16(15)18)20-10-4-6-13-5-3-7-17(13)20/h8-9,11-13,17,19H,3-7,10H2,1-2H3. The molecule has 1 N–H and O–H groups in total. The third-order valence-electron chi connectivity index (χ3n) is 5.21. The number of rotatable bonds is 3. The van der Waals surface area contributed by atoms with Crippen molar-refractivity contribution in [3.63, 3.8) is 0 Å². The first-order valence-electron chi connectivity index (χ1n) is 7.94. The van der Waals surface area contributed by atoms with Crippen LogP contribution in [0.1, 0.15) is 50.6 Å². The molecule has 1 heterocycles. The van der Waals surface area contributed by atoms with Gasteiger partial charge in [0.2, 0.25) is 0 Å². The highest BCUT2D eigenvalue weighted by molar-refractivity contribution is 6.31.